The van der Waals surface area contributed by atoms with Crippen LogP contribution < -0.4 is 11.1 Å². The zero-order valence-electron chi connectivity index (χ0n) is 9.17. The van der Waals surface area contributed by atoms with Crippen LogP contribution in [-0.2, 0) is 6.54 Å². The third kappa shape index (κ3) is 2.73. The van der Waals surface area contributed by atoms with Crippen LogP contribution in [0.25, 0.3) is 0 Å². The summed E-state index contributed by atoms with van der Waals surface area (Å²) >= 11 is 0. The molecule has 0 saturated heterocycles. The van der Waals surface area contributed by atoms with Crippen molar-refractivity contribution in [3.63, 3.8) is 0 Å². The monoisotopic (exact) mass is 217 g/mol. The molecule has 0 aromatic carbocycles. The lowest BCUT2D eigenvalue weighted by atomic mass is 10.3. The van der Waals surface area contributed by atoms with Gasteiger partial charge in [0.15, 0.2) is 0 Å². The molecule has 0 spiro atoms. The highest BCUT2D eigenvalue weighted by atomic mass is 15.1. The molecule has 5 nitrogen and oxygen atoms in total. The van der Waals surface area contributed by atoms with Crippen molar-refractivity contribution in [3.05, 3.63) is 37.1 Å². The Morgan fingerprint density at radius 3 is 3.06 bits per heavy atom. The number of nitrogens with two attached hydrogens (primary N) is 1. The summed E-state index contributed by atoms with van der Waals surface area (Å²) in [6.45, 7) is 2.93. The Morgan fingerprint density at radius 2 is 2.38 bits per heavy atom. The number of nitrogen functional groups attached to an aromatic ring is 1. The van der Waals surface area contributed by atoms with Gasteiger partial charge in [-0.3, -0.25) is 0 Å². The number of anilines is 2. The van der Waals surface area contributed by atoms with Crippen molar-refractivity contribution in [2.45, 2.75) is 19.5 Å². The summed E-state index contributed by atoms with van der Waals surface area (Å²) in [7, 11) is 0. The molecule has 16 heavy (non-hydrogen) atoms. The summed E-state index contributed by atoms with van der Waals surface area (Å²) < 4.78 is 2.02. The predicted molar refractivity (Wildman–Crippen MR) is 64.0 cm³/mol. The zero-order chi connectivity index (χ0) is 11.4. The van der Waals surface area contributed by atoms with Gasteiger partial charge in [-0.15, -0.1) is 0 Å². The van der Waals surface area contributed by atoms with E-state index in [4.69, 9.17) is 5.73 Å². The molecular formula is C11H15N5. The van der Waals surface area contributed by atoms with E-state index in [2.05, 4.69) is 22.2 Å². The average Bonchev–Trinajstić information content (AvgIpc) is 2.70. The number of hydrogen-bond acceptors (Lipinski definition) is 4. The molecule has 0 amide bonds. The van der Waals surface area contributed by atoms with Gasteiger partial charge >= 0.3 is 0 Å². The number of hydrogen-bond donors (Lipinski definition) is 2. The summed E-state index contributed by atoms with van der Waals surface area (Å²) in [6.07, 6.45) is 7.20. The lowest BCUT2D eigenvalue weighted by Crippen LogP contribution is -2.21. The number of nitrogens with one attached hydrogen (secondary N) is 1. The Bertz CT molecular complexity index is 437. The van der Waals surface area contributed by atoms with E-state index in [0.29, 0.717) is 5.69 Å². The van der Waals surface area contributed by atoms with Crippen molar-refractivity contribution in [1.82, 2.24) is 14.5 Å². The first-order chi connectivity index (χ1) is 7.74. The minimum Gasteiger partial charge on any atom is -0.399 e. The highest BCUT2D eigenvalue weighted by Gasteiger charge is 2.03. The van der Waals surface area contributed by atoms with Gasteiger partial charge < -0.3 is 15.6 Å². The number of rotatable bonds is 4. The molecule has 0 saturated carbocycles. The molecule has 3 N–H and O–H groups in total. The topological polar surface area (TPSA) is 68.8 Å². The molecule has 0 bridgehead atoms. The summed E-state index contributed by atoms with van der Waals surface area (Å²) in [5, 5.41) is 3.28. The average molecular weight is 217 g/mol. The number of nitrogens with zero attached hydrogens (tertiary/aromatic N) is 3. The summed E-state index contributed by atoms with van der Waals surface area (Å²) in [5.74, 6) is 0.799. The molecule has 2 heterocycles. The molecule has 2 rings (SSSR count). The normalized spacial score (nSPS) is 12.3. The fourth-order valence-corrected chi connectivity index (χ4v) is 1.53. The van der Waals surface area contributed by atoms with E-state index in [0.717, 1.165) is 12.4 Å². The van der Waals surface area contributed by atoms with Crippen molar-refractivity contribution >= 4 is 11.5 Å². The minimum absolute atomic E-state index is 0.267. The number of pyridine rings is 1. The van der Waals surface area contributed by atoms with Crippen LogP contribution in [0.15, 0.2) is 37.1 Å². The van der Waals surface area contributed by atoms with Gasteiger partial charge in [0.1, 0.15) is 5.82 Å². The molecule has 2 aromatic heterocycles. The van der Waals surface area contributed by atoms with E-state index in [1.54, 1.807) is 24.8 Å². The van der Waals surface area contributed by atoms with Crippen molar-refractivity contribution in [2.24, 2.45) is 0 Å². The standard InChI is InChI=1S/C11H15N5/c1-9(7-16-5-4-13-8-16)15-11-6-10(12)2-3-14-11/h2-6,8-9H,7H2,1H3,(H3,12,14,15). The van der Waals surface area contributed by atoms with Gasteiger partial charge in [0, 0.05) is 42.9 Å². The van der Waals surface area contributed by atoms with Crippen LogP contribution >= 0.6 is 0 Å². The molecule has 0 aliphatic heterocycles. The molecule has 5 heteroatoms. The molecular weight excluding hydrogens is 202 g/mol. The summed E-state index contributed by atoms with van der Waals surface area (Å²) in [5.41, 5.74) is 6.39. The quantitative estimate of drug-likeness (QED) is 0.811. The van der Waals surface area contributed by atoms with E-state index in [1.165, 1.54) is 0 Å². The van der Waals surface area contributed by atoms with Crippen LogP contribution in [0.3, 0.4) is 0 Å². The van der Waals surface area contributed by atoms with E-state index in [-0.39, 0.29) is 6.04 Å². The molecule has 2 aromatic rings. The summed E-state index contributed by atoms with van der Waals surface area (Å²) in [6, 6.07) is 3.86. The highest BCUT2D eigenvalue weighted by molar-refractivity contribution is 5.48. The second-order valence-electron chi connectivity index (χ2n) is 3.78. The third-order valence-corrected chi connectivity index (χ3v) is 2.22. The fourth-order valence-electron chi connectivity index (χ4n) is 1.53. The maximum atomic E-state index is 5.68. The van der Waals surface area contributed by atoms with Crippen molar-refractivity contribution in [1.29, 1.82) is 0 Å². The van der Waals surface area contributed by atoms with E-state index in [1.807, 2.05) is 16.8 Å². The Kier molecular flexibility index (Phi) is 3.05. The maximum absolute atomic E-state index is 5.68. The van der Waals surface area contributed by atoms with Crippen molar-refractivity contribution in [3.8, 4) is 0 Å². The van der Waals surface area contributed by atoms with Gasteiger partial charge in [-0.25, -0.2) is 9.97 Å². The lowest BCUT2D eigenvalue weighted by molar-refractivity contribution is 0.617. The predicted octanol–water partition coefficient (Wildman–Crippen LogP) is 1.36. The van der Waals surface area contributed by atoms with Gasteiger partial charge in [0.25, 0.3) is 0 Å². The Hall–Kier alpha value is -2.04. The summed E-state index contributed by atoms with van der Waals surface area (Å²) in [4.78, 5) is 8.19. The molecule has 0 aliphatic rings. The van der Waals surface area contributed by atoms with Crippen molar-refractivity contribution in [2.75, 3.05) is 11.1 Å². The number of aromatic nitrogens is 3. The zero-order valence-corrected chi connectivity index (χ0v) is 9.17. The van der Waals surface area contributed by atoms with Gasteiger partial charge in [-0.2, -0.15) is 0 Å². The van der Waals surface area contributed by atoms with Crippen LogP contribution in [0.5, 0.6) is 0 Å². The van der Waals surface area contributed by atoms with Crippen LogP contribution in [0.2, 0.25) is 0 Å². The third-order valence-electron chi connectivity index (χ3n) is 2.22. The first-order valence-corrected chi connectivity index (χ1v) is 5.18. The molecule has 0 radical (unpaired) electrons. The van der Waals surface area contributed by atoms with Crippen LogP contribution in [0.1, 0.15) is 6.92 Å². The van der Waals surface area contributed by atoms with Gasteiger partial charge in [-0.1, -0.05) is 0 Å². The van der Waals surface area contributed by atoms with Gasteiger partial charge in [-0.05, 0) is 13.0 Å². The van der Waals surface area contributed by atoms with Crippen LogP contribution in [-0.4, -0.2) is 20.6 Å². The molecule has 0 aliphatic carbocycles. The van der Waals surface area contributed by atoms with Crippen LogP contribution in [0.4, 0.5) is 11.5 Å². The van der Waals surface area contributed by atoms with Crippen LogP contribution in [0, 0.1) is 0 Å². The van der Waals surface area contributed by atoms with Gasteiger partial charge in [0.2, 0.25) is 0 Å². The lowest BCUT2D eigenvalue weighted by Gasteiger charge is -2.15. The number of imidazole rings is 1. The second kappa shape index (κ2) is 4.65. The first-order valence-electron chi connectivity index (χ1n) is 5.18. The van der Waals surface area contributed by atoms with E-state index >= 15 is 0 Å². The fraction of sp³-hybridized carbons (Fsp3) is 0.273. The molecule has 84 valence electrons. The first kappa shape index (κ1) is 10.5. The molecule has 1 unspecified atom stereocenters. The van der Waals surface area contributed by atoms with Crippen molar-refractivity contribution < 1.29 is 0 Å². The second-order valence-corrected chi connectivity index (χ2v) is 3.78. The Balaban J connectivity index is 1.94. The minimum atomic E-state index is 0.267. The maximum Gasteiger partial charge on any atom is 0.128 e. The molecule has 0 fully saturated rings. The molecule has 1 atom stereocenters. The van der Waals surface area contributed by atoms with Gasteiger partial charge in [0.05, 0.1) is 6.33 Å². The Morgan fingerprint density at radius 1 is 1.50 bits per heavy atom. The SMILES string of the molecule is CC(Cn1ccnc1)Nc1cc(N)ccn1. The highest BCUT2D eigenvalue weighted by Crippen LogP contribution is 2.09. The Labute approximate surface area is 94.3 Å². The van der Waals surface area contributed by atoms with E-state index < -0.39 is 0 Å². The smallest absolute Gasteiger partial charge is 0.128 e. The van der Waals surface area contributed by atoms with E-state index in [9.17, 15) is 0 Å². The largest absolute Gasteiger partial charge is 0.399 e.